The molecular weight excluding hydrogens is 262 g/mol. The summed E-state index contributed by atoms with van der Waals surface area (Å²) in [5.74, 6) is -0.720. The average Bonchev–Trinajstić information content (AvgIpc) is 2.99. The van der Waals surface area contributed by atoms with Crippen LogP contribution in [0.1, 0.15) is 31.1 Å². The van der Waals surface area contributed by atoms with Crippen LogP contribution < -0.4 is 0 Å². The molecule has 0 unspecified atom stereocenters. The van der Waals surface area contributed by atoms with E-state index in [1.54, 1.807) is 23.2 Å². The minimum Gasteiger partial charge on any atom is -0.481 e. The number of carbonyl (C=O) groups is 2. The first kappa shape index (κ1) is 14.1. The van der Waals surface area contributed by atoms with Gasteiger partial charge in [0.2, 0.25) is 5.91 Å². The number of carboxylic acid groups (broad SMARTS) is 1. The molecule has 1 saturated heterocycles. The molecule has 19 heavy (non-hydrogen) atoms. The molecule has 1 aliphatic rings. The van der Waals surface area contributed by atoms with Crippen LogP contribution in [0.5, 0.6) is 0 Å². The van der Waals surface area contributed by atoms with Crippen LogP contribution >= 0.6 is 11.3 Å². The van der Waals surface area contributed by atoms with Gasteiger partial charge in [0.15, 0.2) is 0 Å². The fourth-order valence-electron chi connectivity index (χ4n) is 2.38. The number of hydrogen-bond acceptors (Lipinski definition) is 3. The maximum atomic E-state index is 12.0. The Morgan fingerprint density at radius 1 is 1.53 bits per heavy atom. The molecule has 1 aromatic rings. The number of rotatable bonds is 5. The monoisotopic (exact) mass is 281 g/mol. The zero-order valence-electron chi connectivity index (χ0n) is 11.1. The number of hydrogen-bond donors (Lipinski definition) is 1. The average molecular weight is 281 g/mol. The molecule has 0 saturated carbocycles. The Kier molecular flexibility index (Phi) is 4.24. The van der Waals surface area contributed by atoms with Gasteiger partial charge in [-0.1, -0.05) is 6.07 Å². The van der Waals surface area contributed by atoms with Crippen molar-refractivity contribution >= 4 is 23.2 Å². The lowest BCUT2D eigenvalue weighted by Crippen LogP contribution is -2.34. The summed E-state index contributed by atoms with van der Waals surface area (Å²) in [5.41, 5.74) is -0.761. The quantitative estimate of drug-likeness (QED) is 0.901. The smallest absolute Gasteiger partial charge is 0.311 e. The van der Waals surface area contributed by atoms with E-state index in [1.807, 2.05) is 11.4 Å². The van der Waals surface area contributed by atoms with Gasteiger partial charge in [-0.2, -0.15) is 0 Å². The highest BCUT2D eigenvalue weighted by Crippen LogP contribution is 2.30. The van der Waals surface area contributed by atoms with Crippen LogP contribution in [-0.4, -0.2) is 35.0 Å². The maximum absolute atomic E-state index is 12.0. The van der Waals surface area contributed by atoms with Crippen molar-refractivity contribution in [3.63, 3.8) is 0 Å². The van der Waals surface area contributed by atoms with E-state index in [0.717, 1.165) is 12.8 Å². The van der Waals surface area contributed by atoms with E-state index < -0.39 is 11.4 Å². The third-order valence-corrected chi connectivity index (χ3v) is 4.67. The first-order chi connectivity index (χ1) is 9.01. The van der Waals surface area contributed by atoms with Gasteiger partial charge in [-0.15, -0.1) is 11.3 Å². The molecule has 5 heteroatoms. The number of carbonyl (C=O) groups excluding carboxylic acids is 1. The normalized spacial score (nSPS) is 22.7. The summed E-state index contributed by atoms with van der Waals surface area (Å²) in [6.07, 6.45) is 2.82. The van der Waals surface area contributed by atoms with Crippen LogP contribution in [0.2, 0.25) is 0 Å². The highest BCUT2D eigenvalue weighted by atomic mass is 32.1. The van der Waals surface area contributed by atoms with E-state index in [0.29, 0.717) is 25.9 Å². The van der Waals surface area contributed by atoms with Gasteiger partial charge in [0, 0.05) is 24.4 Å². The molecule has 2 heterocycles. The predicted octanol–water partition coefficient (Wildman–Crippen LogP) is 2.39. The van der Waals surface area contributed by atoms with Crippen LogP contribution in [0.4, 0.5) is 0 Å². The fraction of sp³-hybridized carbons (Fsp3) is 0.571. The number of carboxylic acids is 1. The Bertz CT molecular complexity index is 457. The molecule has 0 radical (unpaired) electrons. The van der Waals surface area contributed by atoms with Crippen molar-refractivity contribution in [1.82, 2.24) is 4.90 Å². The summed E-state index contributed by atoms with van der Waals surface area (Å²) in [5, 5.41) is 11.2. The van der Waals surface area contributed by atoms with Crippen LogP contribution in [0.25, 0.3) is 0 Å². The van der Waals surface area contributed by atoms with Crippen LogP contribution in [-0.2, 0) is 16.0 Å². The topological polar surface area (TPSA) is 57.6 Å². The van der Waals surface area contributed by atoms with E-state index in [1.165, 1.54) is 4.88 Å². The zero-order chi connectivity index (χ0) is 13.9. The van der Waals surface area contributed by atoms with Crippen LogP contribution in [0.15, 0.2) is 17.5 Å². The van der Waals surface area contributed by atoms with E-state index in [4.69, 9.17) is 5.11 Å². The van der Waals surface area contributed by atoms with Gasteiger partial charge < -0.3 is 10.0 Å². The summed E-state index contributed by atoms with van der Waals surface area (Å²) in [6.45, 7) is 2.63. The Morgan fingerprint density at radius 3 is 2.89 bits per heavy atom. The van der Waals surface area contributed by atoms with Crippen molar-refractivity contribution in [2.75, 3.05) is 13.1 Å². The summed E-state index contributed by atoms with van der Waals surface area (Å²) < 4.78 is 0. The number of nitrogens with zero attached hydrogens (tertiary/aromatic N) is 1. The number of likely N-dealkylation sites (tertiary alicyclic amines) is 1. The minimum absolute atomic E-state index is 0.0848. The number of aliphatic carboxylic acids is 1. The molecule has 0 spiro atoms. The standard InChI is InChI=1S/C14H19NO3S/c1-14(13(17)18)7-8-15(10-14)12(16)6-2-4-11-5-3-9-19-11/h3,5,9H,2,4,6-8,10H2,1H3,(H,17,18)/t14-/m0/s1. The second-order valence-electron chi connectivity index (χ2n) is 5.36. The third-order valence-electron chi connectivity index (χ3n) is 3.74. The molecule has 0 aliphatic carbocycles. The van der Waals surface area contributed by atoms with E-state index in [2.05, 4.69) is 6.07 Å². The molecule has 1 amide bonds. The van der Waals surface area contributed by atoms with Crippen molar-refractivity contribution in [2.24, 2.45) is 5.41 Å². The van der Waals surface area contributed by atoms with Gasteiger partial charge in [-0.25, -0.2) is 0 Å². The Balaban J connectivity index is 1.77. The largest absolute Gasteiger partial charge is 0.481 e. The van der Waals surface area contributed by atoms with Gasteiger partial charge in [-0.3, -0.25) is 9.59 Å². The summed E-state index contributed by atoms with van der Waals surface area (Å²) >= 11 is 1.71. The second kappa shape index (κ2) is 5.74. The summed E-state index contributed by atoms with van der Waals surface area (Å²) in [7, 11) is 0. The predicted molar refractivity (Wildman–Crippen MR) is 74.2 cm³/mol. The molecular formula is C14H19NO3S. The molecule has 104 valence electrons. The first-order valence-corrected chi connectivity index (χ1v) is 7.43. The molecule has 0 bridgehead atoms. The Labute approximate surface area is 117 Å². The second-order valence-corrected chi connectivity index (χ2v) is 6.40. The summed E-state index contributed by atoms with van der Waals surface area (Å²) in [6, 6.07) is 4.09. The lowest BCUT2D eigenvalue weighted by molar-refractivity contribution is -0.147. The van der Waals surface area contributed by atoms with Gasteiger partial charge in [0.25, 0.3) is 0 Å². The van der Waals surface area contributed by atoms with Crippen molar-refractivity contribution in [3.05, 3.63) is 22.4 Å². The van der Waals surface area contributed by atoms with Crippen molar-refractivity contribution < 1.29 is 14.7 Å². The van der Waals surface area contributed by atoms with Gasteiger partial charge in [-0.05, 0) is 37.6 Å². The number of aryl methyl sites for hydroxylation is 1. The van der Waals surface area contributed by atoms with E-state index in [9.17, 15) is 9.59 Å². The van der Waals surface area contributed by atoms with Gasteiger partial charge in [0.1, 0.15) is 0 Å². The molecule has 4 nitrogen and oxygen atoms in total. The lowest BCUT2D eigenvalue weighted by Gasteiger charge is -2.20. The zero-order valence-corrected chi connectivity index (χ0v) is 11.9. The minimum atomic E-state index is -0.804. The van der Waals surface area contributed by atoms with Crippen molar-refractivity contribution in [2.45, 2.75) is 32.6 Å². The molecule has 2 rings (SSSR count). The Hall–Kier alpha value is -1.36. The Morgan fingerprint density at radius 2 is 2.32 bits per heavy atom. The van der Waals surface area contributed by atoms with Crippen molar-refractivity contribution in [3.8, 4) is 0 Å². The molecule has 1 aliphatic heterocycles. The maximum Gasteiger partial charge on any atom is 0.311 e. The lowest BCUT2D eigenvalue weighted by atomic mass is 9.90. The molecule has 1 atom stereocenters. The molecule has 1 N–H and O–H groups in total. The van der Waals surface area contributed by atoms with E-state index >= 15 is 0 Å². The molecule has 1 aromatic heterocycles. The van der Waals surface area contributed by atoms with E-state index in [-0.39, 0.29) is 5.91 Å². The SMILES string of the molecule is C[C@]1(C(=O)O)CCN(C(=O)CCCc2cccs2)C1. The van der Waals surface area contributed by atoms with Gasteiger partial charge in [0.05, 0.1) is 5.41 Å². The first-order valence-electron chi connectivity index (χ1n) is 6.55. The molecule has 1 fully saturated rings. The highest BCUT2D eigenvalue weighted by molar-refractivity contribution is 7.09. The van der Waals surface area contributed by atoms with Gasteiger partial charge >= 0.3 is 5.97 Å². The fourth-order valence-corrected chi connectivity index (χ4v) is 3.13. The van der Waals surface area contributed by atoms with Crippen molar-refractivity contribution in [1.29, 1.82) is 0 Å². The molecule has 0 aromatic carbocycles. The van der Waals surface area contributed by atoms with Crippen LogP contribution in [0, 0.1) is 5.41 Å². The van der Waals surface area contributed by atoms with Crippen LogP contribution in [0.3, 0.4) is 0 Å². The summed E-state index contributed by atoms with van der Waals surface area (Å²) in [4.78, 5) is 26.1. The third kappa shape index (κ3) is 3.35. The number of amides is 1. The highest BCUT2D eigenvalue weighted by Gasteiger charge is 2.41. The number of thiophene rings is 1.